The lowest BCUT2D eigenvalue weighted by atomic mass is 9.95. The van der Waals surface area contributed by atoms with E-state index in [4.69, 9.17) is 0 Å². The number of fused-ring (bicyclic) bond motifs is 1. The molecule has 2 aromatic rings. The predicted octanol–water partition coefficient (Wildman–Crippen LogP) is 3.41. The number of para-hydroxylation sites is 1. The number of piperidine rings is 1. The first-order valence-electron chi connectivity index (χ1n) is 8.88. The molecule has 1 aromatic heterocycles. The highest BCUT2D eigenvalue weighted by molar-refractivity contribution is 9.10. The largest absolute Gasteiger partial charge is 0.305 e. The quantitative estimate of drug-likeness (QED) is 0.822. The van der Waals surface area contributed by atoms with Crippen molar-refractivity contribution in [3.8, 4) is 0 Å². The molecule has 2 aliphatic heterocycles. The van der Waals surface area contributed by atoms with Gasteiger partial charge in [-0.05, 0) is 67.5 Å². The maximum absolute atomic E-state index is 12.8. The van der Waals surface area contributed by atoms with E-state index >= 15 is 0 Å². The van der Waals surface area contributed by atoms with Crippen LogP contribution >= 0.6 is 27.3 Å². The topological polar surface area (TPSA) is 48.5 Å². The SMILES string of the molecule is CN1CCC(N2CCCC(C(=O)Nc3nc4c(Br)cccc4s3)C2)C1. The second-order valence-corrected chi connectivity index (χ2v) is 9.02. The van der Waals surface area contributed by atoms with Gasteiger partial charge in [-0.2, -0.15) is 0 Å². The third-order valence-electron chi connectivity index (χ3n) is 5.31. The fraction of sp³-hybridized carbons (Fsp3) is 0.556. The first-order valence-corrected chi connectivity index (χ1v) is 10.5. The van der Waals surface area contributed by atoms with Crippen molar-refractivity contribution in [2.75, 3.05) is 38.5 Å². The molecular formula is C18H23BrN4OS. The highest BCUT2D eigenvalue weighted by Crippen LogP contribution is 2.31. The maximum Gasteiger partial charge on any atom is 0.230 e. The van der Waals surface area contributed by atoms with Crippen LogP contribution in [-0.2, 0) is 4.79 Å². The van der Waals surface area contributed by atoms with Crippen LogP contribution in [-0.4, -0.2) is 60.0 Å². The highest BCUT2D eigenvalue weighted by atomic mass is 79.9. The van der Waals surface area contributed by atoms with Gasteiger partial charge in [0.1, 0.15) is 0 Å². The summed E-state index contributed by atoms with van der Waals surface area (Å²) in [7, 11) is 2.18. The summed E-state index contributed by atoms with van der Waals surface area (Å²) in [5.74, 6) is 0.182. The molecule has 0 radical (unpaired) electrons. The van der Waals surface area contributed by atoms with E-state index in [1.165, 1.54) is 24.3 Å². The van der Waals surface area contributed by atoms with Crippen molar-refractivity contribution in [1.29, 1.82) is 0 Å². The van der Waals surface area contributed by atoms with Crippen LogP contribution in [0.25, 0.3) is 10.2 Å². The molecule has 25 heavy (non-hydrogen) atoms. The zero-order valence-electron chi connectivity index (χ0n) is 14.4. The number of likely N-dealkylation sites (tertiary alicyclic amines) is 2. The van der Waals surface area contributed by atoms with Gasteiger partial charge in [-0.1, -0.05) is 17.4 Å². The fourth-order valence-corrected chi connectivity index (χ4v) is 5.42. The lowest BCUT2D eigenvalue weighted by Gasteiger charge is -2.36. The number of likely N-dealkylation sites (N-methyl/N-ethyl adjacent to an activating group) is 1. The van der Waals surface area contributed by atoms with Gasteiger partial charge in [0, 0.05) is 23.6 Å². The fourth-order valence-electron chi connectivity index (χ4n) is 3.94. The molecule has 1 amide bonds. The molecule has 134 valence electrons. The van der Waals surface area contributed by atoms with Gasteiger partial charge >= 0.3 is 0 Å². The minimum Gasteiger partial charge on any atom is -0.305 e. The van der Waals surface area contributed by atoms with Gasteiger partial charge in [-0.15, -0.1) is 0 Å². The van der Waals surface area contributed by atoms with Crippen molar-refractivity contribution < 1.29 is 4.79 Å². The molecule has 3 heterocycles. The molecule has 1 N–H and O–H groups in total. The summed E-state index contributed by atoms with van der Waals surface area (Å²) in [4.78, 5) is 22.2. The van der Waals surface area contributed by atoms with Crippen LogP contribution in [0, 0.1) is 5.92 Å². The lowest BCUT2D eigenvalue weighted by molar-refractivity contribution is -0.121. The van der Waals surface area contributed by atoms with Crippen LogP contribution in [0.3, 0.4) is 0 Å². The lowest BCUT2D eigenvalue weighted by Crippen LogP contribution is -2.46. The molecule has 0 bridgehead atoms. The number of nitrogens with one attached hydrogen (secondary N) is 1. The van der Waals surface area contributed by atoms with E-state index < -0.39 is 0 Å². The van der Waals surface area contributed by atoms with Crippen molar-refractivity contribution in [3.05, 3.63) is 22.7 Å². The molecule has 5 nitrogen and oxygen atoms in total. The van der Waals surface area contributed by atoms with E-state index in [1.807, 2.05) is 18.2 Å². The molecule has 2 atom stereocenters. The number of nitrogens with zero attached hydrogens (tertiary/aromatic N) is 3. The zero-order chi connectivity index (χ0) is 17.4. The van der Waals surface area contributed by atoms with Crippen LogP contribution in [0.2, 0.25) is 0 Å². The van der Waals surface area contributed by atoms with Gasteiger partial charge in [0.15, 0.2) is 5.13 Å². The monoisotopic (exact) mass is 422 g/mol. The molecular weight excluding hydrogens is 400 g/mol. The van der Waals surface area contributed by atoms with Crippen molar-refractivity contribution in [1.82, 2.24) is 14.8 Å². The summed E-state index contributed by atoms with van der Waals surface area (Å²) in [5, 5.41) is 3.76. The average Bonchev–Trinajstić information content (AvgIpc) is 3.22. The summed E-state index contributed by atoms with van der Waals surface area (Å²) in [6.07, 6.45) is 3.29. The van der Waals surface area contributed by atoms with Crippen molar-refractivity contribution in [2.24, 2.45) is 5.92 Å². The van der Waals surface area contributed by atoms with Gasteiger partial charge in [0.25, 0.3) is 0 Å². The number of hydrogen-bond donors (Lipinski definition) is 1. The van der Waals surface area contributed by atoms with E-state index in [0.717, 1.165) is 47.2 Å². The Kier molecular flexibility index (Phi) is 5.08. The molecule has 2 aliphatic rings. The number of aromatic nitrogens is 1. The Morgan fingerprint density at radius 1 is 1.32 bits per heavy atom. The van der Waals surface area contributed by atoms with Gasteiger partial charge in [-0.3, -0.25) is 9.69 Å². The summed E-state index contributed by atoms with van der Waals surface area (Å²) in [5.41, 5.74) is 0.919. The van der Waals surface area contributed by atoms with Crippen LogP contribution < -0.4 is 5.32 Å². The van der Waals surface area contributed by atoms with Crippen molar-refractivity contribution in [3.63, 3.8) is 0 Å². The summed E-state index contributed by atoms with van der Waals surface area (Å²) < 4.78 is 2.06. The first-order chi connectivity index (χ1) is 12.1. The average molecular weight is 423 g/mol. The third-order valence-corrected chi connectivity index (χ3v) is 6.88. The molecule has 2 unspecified atom stereocenters. The van der Waals surface area contributed by atoms with E-state index in [1.54, 1.807) is 0 Å². The van der Waals surface area contributed by atoms with Crippen molar-refractivity contribution in [2.45, 2.75) is 25.3 Å². The molecule has 0 spiro atoms. The van der Waals surface area contributed by atoms with E-state index in [-0.39, 0.29) is 11.8 Å². The highest BCUT2D eigenvalue weighted by Gasteiger charge is 2.32. The van der Waals surface area contributed by atoms with Gasteiger partial charge in [0.2, 0.25) is 5.91 Å². The summed E-state index contributed by atoms with van der Waals surface area (Å²) in [6, 6.07) is 6.62. The Morgan fingerprint density at radius 3 is 2.96 bits per heavy atom. The van der Waals surface area contributed by atoms with Gasteiger partial charge < -0.3 is 10.2 Å². The Bertz CT molecular complexity index is 780. The Morgan fingerprint density at radius 2 is 2.20 bits per heavy atom. The minimum absolute atomic E-state index is 0.0649. The number of carbonyl (C=O) groups excluding carboxylic acids is 1. The van der Waals surface area contributed by atoms with Crippen LogP contribution in [0.1, 0.15) is 19.3 Å². The molecule has 2 saturated heterocycles. The second-order valence-electron chi connectivity index (χ2n) is 7.13. The van der Waals surface area contributed by atoms with Crippen LogP contribution in [0.4, 0.5) is 5.13 Å². The Balaban J connectivity index is 1.42. The number of carbonyl (C=O) groups is 1. The Hall–Kier alpha value is -1.02. The molecule has 0 aliphatic carbocycles. The number of rotatable bonds is 3. The van der Waals surface area contributed by atoms with Crippen LogP contribution in [0.15, 0.2) is 22.7 Å². The number of amides is 1. The van der Waals surface area contributed by atoms with Gasteiger partial charge in [0.05, 0.1) is 16.1 Å². The third kappa shape index (κ3) is 3.74. The Labute approximate surface area is 160 Å². The number of benzene rings is 1. The normalized spacial score (nSPS) is 25.5. The predicted molar refractivity (Wildman–Crippen MR) is 106 cm³/mol. The first kappa shape index (κ1) is 17.4. The zero-order valence-corrected chi connectivity index (χ0v) is 16.8. The molecule has 2 fully saturated rings. The van der Waals surface area contributed by atoms with Gasteiger partial charge in [-0.25, -0.2) is 4.98 Å². The summed E-state index contributed by atoms with van der Waals surface area (Å²) in [6.45, 7) is 4.29. The minimum atomic E-state index is 0.0649. The second kappa shape index (κ2) is 7.31. The van der Waals surface area contributed by atoms with E-state index in [2.05, 4.69) is 43.1 Å². The molecule has 7 heteroatoms. The summed E-state index contributed by atoms with van der Waals surface area (Å²) >= 11 is 5.06. The number of hydrogen-bond acceptors (Lipinski definition) is 5. The van der Waals surface area contributed by atoms with Crippen molar-refractivity contribution >= 4 is 48.5 Å². The number of thiazole rings is 1. The van der Waals surface area contributed by atoms with Crippen LogP contribution in [0.5, 0.6) is 0 Å². The standard InChI is InChI=1S/C18H23BrN4OS/c1-22-9-7-13(11-22)23-8-3-4-12(10-23)17(24)21-18-20-16-14(19)5-2-6-15(16)25-18/h2,5-6,12-13H,3-4,7-11H2,1H3,(H,20,21,24). The molecule has 1 aromatic carbocycles. The van der Waals surface area contributed by atoms with E-state index in [9.17, 15) is 4.79 Å². The van der Waals surface area contributed by atoms with E-state index in [0.29, 0.717) is 11.2 Å². The smallest absolute Gasteiger partial charge is 0.230 e. The number of anilines is 1. The maximum atomic E-state index is 12.8. The number of halogens is 1. The molecule has 4 rings (SSSR count). The molecule has 0 saturated carbocycles.